The topological polar surface area (TPSA) is 84.3 Å². The van der Waals surface area contributed by atoms with Crippen LogP contribution >= 0.6 is 11.8 Å². The summed E-state index contributed by atoms with van der Waals surface area (Å²) in [5.74, 6) is 0.470. The molecule has 0 N–H and O–H groups in total. The van der Waals surface area contributed by atoms with Crippen LogP contribution in [0.25, 0.3) is 16.5 Å². The molecule has 0 bridgehead atoms. The van der Waals surface area contributed by atoms with Crippen molar-refractivity contribution in [3.63, 3.8) is 0 Å². The Morgan fingerprint density at radius 1 is 1.32 bits per heavy atom. The molecule has 0 radical (unpaired) electrons. The highest BCUT2D eigenvalue weighted by Gasteiger charge is 2.52. The van der Waals surface area contributed by atoms with Crippen molar-refractivity contribution in [2.75, 3.05) is 5.75 Å². The first-order valence-corrected chi connectivity index (χ1v) is 8.98. The van der Waals surface area contributed by atoms with Gasteiger partial charge < -0.3 is 9.31 Å². The molecule has 6 nitrogen and oxygen atoms in total. The third-order valence-electron chi connectivity index (χ3n) is 4.38. The molecule has 1 fully saturated rings. The third-order valence-corrected chi connectivity index (χ3v) is 5.26. The molecule has 0 atom stereocenters. The van der Waals surface area contributed by atoms with Gasteiger partial charge in [-0.15, -0.1) is 0 Å². The van der Waals surface area contributed by atoms with Crippen LogP contribution in [-0.2, 0) is 14.1 Å². The molecular weight excluding hydrogens is 337 g/mol. The zero-order valence-electron chi connectivity index (χ0n) is 15.1. The number of thioether (sulfide) groups is 1. The van der Waals surface area contributed by atoms with Crippen molar-refractivity contribution < 1.29 is 14.1 Å². The summed E-state index contributed by atoms with van der Waals surface area (Å²) in [6.45, 7) is 9.50. The van der Waals surface area contributed by atoms with E-state index in [0.717, 1.165) is 11.0 Å². The summed E-state index contributed by atoms with van der Waals surface area (Å²) in [5.41, 5.74) is 9.93. The Morgan fingerprint density at radius 3 is 2.52 bits per heavy atom. The number of hydrogen-bond donors (Lipinski definition) is 0. The molecule has 0 spiro atoms. The van der Waals surface area contributed by atoms with Crippen LogP contribution in [0.3, 0.4) is 0 Å². The minimum Gasteiger partial charge on any atom is -0.400 e. The second kappa shape index (κ2) is 7.66. The van der Waals surface area contributed by atoms with Crippen LogP contribution in [0.4, 0.5) is 5.69 Å². The number of carbonyl (C=O) groups excluding carboxylic acids is 1. The lowest BCUT2D eigenvalue weighted by atomic mass is 9.78. The molecule has 25 heavy (non-hydrogen) atoms. The van der Waals surface area contributed by atoms with E-state index in [1.165, 1.54) is 18.7 Å². The zero-order valence-corrected chi connectivity index (χ0v) is 16.0. The fraction of sp³-hybridized carbons (Fsp3) is 0.471. The predicted octanol–water partition coefficient (Wildman–Crippen LogP) is 4.92. The van der Waals surface area contributed by atoms with Crippen LogP contribution < -0.4 is 0 Å². The van der Waals surface area contributed by atoms with E-state index in [1.54, 1.807) is 12.1 Å². The first-order chi connectivity index (χ1) is 11.6. The standard InChI is InChI=1S/C17H22BN3O3S/c1-12(22)25-11-14(18-23-16(2,3)17(4,5)24-18)9-13-7-6-8-15(10-13)20-21-19/h6-10H,11H2,1-5H3. The van der Waals surface area contributed by atoms with Gasteiger partial charge in [0.25, 0.3) is 0 Å². The third kappa shape index (κ3) is 4.89. The minimum atomic E-state index is -0.528. The van der Waals surface area contributed by atoms with Crippen LogP contribution in [0.5, 0.6) is 0 Å². The highest BCUT2D eigenvalue weighted by Crippen LogP contribution is 2.39. The van der Waals surface area contributed by atoms with Gasteiger partial charge >= 0.3 is 7.12 Å². The number of nitrogens with zero attached hydrogens (tertiary/aromatic N) is 3. The molecule has 2 rings (SSSR count). The van der Waals surface area contributed by atoms with Crippen LogP contribution in [0.1, 0.15) is 40.2 Å². The summed E-state index contributed by atoms with van der Waals surface area (Å²) in [5, 5.41) is 3.65. The summed E-state index contributed by atoms with van der Waals surface area (Å²) in [7, 11) is -0.528. The van der Waals surface area contributed by atoms with Gasteiger partial charge in [0.2, 0.25) is 0 Å². The van der Waals surface area contributed by atoms with Crippen molar-refractivity contribution in [1.29, 1.82) is 0 Å². The van der Waals surface area contributed by atoms with Gasteiger partial charge in [-0.25, -0.2) is 0 Å². The van der Waals surface area contributed by atoms with E-state index in [1.807, 2.05) is 45.9 Å². The number of hydrogen-bond acceptors (Lipinski definition) is 5. The van der Waals surface area contributed by atoms with E-state index >= 15 is 0 Å². The second-order valence-corrected chi connectivity index (χ2v) is 8.02. The Labute approximate surface area is 152 Å². The Hall–Kier alpha value is -1.73. The van der Waals surface area contributed by atoms with Crippen LogP contribution in [0, 0.1) is 0 Å². The Morgan fingerprint density at radius 2 is 1.96 bits per heavy atom. The molecule has 1 heterocycles. The van der Waals surface area contributed by atoms with Gasteiger partial charge in [-0.1, -0.05) is 41.2 Å². The van der Waals surface area contributed by atoms with Gasteiger partial charge in [-0.3, -0.25) is 4.79 Å². The highest BCUT2D eigenvalue weighted by atomic mass is 32.2. The molecule has 1 aromatic carbocycles. The van der Waals surface area contributed by atoms with Crippen LogP contribution in [0.2, 0.25) is 0 Å². The lowest BCUT2D eigenvalue weighted by Gasteiger charge is -2.32. The average Bonchev–Trinajstić information content (AvgIpc) is 2.72. The normalized spacial score (nSPS) is 18.8. The summed E-state index contributed by atoms with van der Waals surface area (Å²) in [4.78, 5) is 14.2. The SMILES string of the molecule is CC(=O)SCC(=Cc1cccc(N=[N+]=[N-])c1)B1OC(C)(C)C(C)(C)O1. The molecule has 0 saturated carbocycles. The van der Waals surface area contributed by atoms with E-state index in [-0.39, 0.29) is 5.12 Å². The monoisotopic (exact) mass is 359 g/mol. The average molecular weight is 359 g/mol. The summed E-state index contributed by atoms with van der Waals surface area (Å²) in [6, 6.07) is 7.23. The molecule has 0 amide bonds. The maximum Gasteiger partial charge on any atom is 0.491 e. The largest absolute Gasteiger partial charge is 0.491 e. The van der Waals surface area contributed by atoms with Gasteiger partial charge in [0.15, 0.2) is 5.12 Å². The van der Waals surface area contributed by atoms with Crippen molar-refractivity contribution >= 4 is 35.8 Å². The molecule has 0 unspecified atom stereocenters. The minimum absolute atomic E-state index is 0.0326. The summed E-state index contributed by atoms with van der Waals surface area (Å²) < 4.78 is 12.2. The Balaban J connectivity index is 2.35. The number of rotatable bonds is 5. The Bertz CT molecular complexity index is 726. The van der Waals surface area contributed by atoms with E-state index in [9.17, 15) is 4.79 Å². The lowest BCUT2D eigenvalue weighted by molar-refractivity contribution is -0.109. The summed E-state index contributed by atoms with van der Waals surface area (Å²) in [6.07, 6.45) is 1.93. The van der Waals surface area contributed by atoms with Gasteiger partial charge in [0, 0.05) is 23.3 Å². The first-order valence-electron chi connectivity index (χ1n) is 7.99. The maximum atomic E-state index is 11.4. The lowest BCUT2D eigenvalue weighted by Crippen LogP contribution is -2.41. The predicted molar refractivity (Wildman–Crippen MR) is 102 cm³/mol. The second-order valence-electron chi connectivity index (χ2n) is 6.87. The van der Waals surface area contributed by atoms with Gasteiger partial charge in [-0.2, -0.15) is 0 Å². The van der Waals surface area contributed by atoms with E-state index in [0.29, 0.717) is 11.4 Å². The van der Waals surface area contributed by atoms with E-state index in [4.69, 9.17) is 14.8 Å². The maximum absolute atomic E-state index is 11.4. The molecule has 1 saturated heterocycles. The number of carbonyl (C=O) groups is 1. The molecule has 1 aliphatic heterocycles. The molecule has 1 aliphatic rings. The first kappa shape index (κ1) is 19.6. The van der Waals surface area contributed by atoms with Crippen molar-refractivity contribution in [3.8, 4) is 0 Å². The van der Waals surface area contributed by atoms with Crippen LogP contribution in [-0.4, -0.2) is 29.2 Å². The van der Waals surface area contributed by atoms with Crippen molar-refractivity contribution in [3.05, 3.63) is 45.7 Å². The van der Waals surface area contributed by atoms with E-state index in [2.05, 4.69) is 10.0 Å². The molecule has 1 aromatic rings. The molecule has 8 heteroatoms. The fourth-order valence-electron chi connectivity index (χ4n) is 2.30. The van der Waals surface area contributed by atoms with Crippen molar-refractivity contribution in [2.45, 2.75) is 45.8 Å². The summed E-state index contributed by atoms with van der Waals surface area (Å²) >= 11 is 1.21. The van der Waals surface area contributed by atoms with E-state index < -0.39 is 18.3 Å². The Kier molecular flexibility index (Phi) is 6.01. The van der Waals surface area contributed by atoms with Crippen molar-refractivity contribution in [2.24, 2.45) is 5.11 Å². The molecule has 0 aliphatic carbocycles. The van der Waals surface area contributed by atoms with Gasteiger partial charge in [-0.05, 0) is 50.3 Å². The molecule has 132 valence electrons. The van der Waals surface area contributed by atoms with Crippen molar-refractivity contribution in [1.82, 2.24) is 0 Å². The quantitative estimate of drug-likeness (QED) is 0.323. The number of azide groups is 1. The zero-order chi connectivity index (χ0) is 18.7. The van der Waals surface area contributed by atoms with Crippen LogP contribution in [0.15, 0.2) is 34.9 Å². The highest BCUT2D eigenvalue weighted by molar-refractivity contribution is 8.13. The van der Waals surface area contributed by atoms with Gasteiger partial charge in [0.05, 0.1) is 11.2 Å². The molecular formula is C17H22BN3O3S. The number of benzene rings is 1. The smallest absolute Gasteiger partial charge is 0.400 e. The fourth-order valence-corrected chi connectivity index (χ4v) is 2.89. The molecule has 0 aromatic heterocycles. The van der Waals surface area contributed by atoms with Gasteiger partial charge in [0.1, 0.15) is 0 Å².